The molecule has 1 heterocycles. The highest BCUT2D eigenvalue weighted by molar-refractivity contribution is 5.08. The summed E-state index contributed by atoms with van der Waals surface area (Å²) in [5.74, 6) is 0.655. The van der Waals surface area contributed by atoms with Gasteiger partial charge in [0, 0.05) is 25.9 Å². The Morgan fingerprint density at radius 2 is 2.19 bits per heavy atom. The van der Waals surface area contributed by atoms with Gasteiger partial charge in [-0.25, -0.2) is 0 Å². The summed E-state index contributed by atoms with van der Waals surface area (Å²) >= 11 is 0. The van der Waals surface area contributed by atoms with E-state index in [1.54, 1.807) is 7.11 Å². The van der Waals surface area contributed by atoms with Gasteiger partial charge < -0.3 is 10.1 Å². The third-order valence-electron chi connectivity index (χ3n) is 2.45. The van der Waals surface area contributed by atoms with Crippen molar-refractivity contribution >= 4 is 0 Å². The van der Waals surface area contributed by atoms with Crippen LogP contribution in [0.4, 0.5) is 0 Å². The maximum atomic E-state index is 5.05. The van der Waals surface area contributed by atoms with E-state index in [0.717, 1.165) is 25.3 Å². The van der Waals surface area contributed by atoms with E-state index in [0.29, 0.717) is 12.0 Å². The molecular formula is C13H22N2O. The lowest BCUT2D eigenvalue weighted by Crippen LogP contribution is -2.26. The van der Waals surface area contributed by atoms with Crippen molar-refractivity contribution in [3.8, 4) is 0 Å². The summed E-state index contributed by atoms with van der Waals surface area (Å²) in [4.78, 5) is 4.41. The van der Waals surface area contributed by atoms with Crippen LogP contribution in [0.3, 0.4) is 0 Å². The summed E-state index contributed by atoms with van der Waals surface area (Å²) in [6, 6.07) is 6.39. The first kappa shape index (κ1) is 13.1. The zero-order chi connectivity index (χ0) is 11.8. The van der Waals surface area contributed by atoms with E-state index in [9.17, 15) is 0 Å². The molecule has 0 bridgehead atoms. The Labute approximate surface area is 98.2 Å². The number of aromatic nitrogens is 1. The number of ether oxygens (including phenoxy) is 1. The van der Waals surface area contributed by atoms with Gasteiger partial charge in [0.05, 0.1) is 12.3 Å². The predicted octanol–water partition coefficient (Wildman–Crippen LogP) is 2.40. The molecule has 1 N–H and O–H groups in total. The number of methoxy groups -OCH3 is 1. The first-order chi connectivity index (χ1) is 7.74. The van der Waals surface area contributed by atoms with Crippen LogP contribution in [0.15, 0.2) is 24.4 Å². The molecule has 90 valence electrons. The van der Waals surface area contributed by atoms with Crippen molar-refractivity contribution in [3.63, 3.8) is 0 Å². The van der Waals surface area contributed by atoms with E-state index >= 15 is 0 Å². The van der Waals surface area contributed by atoms with Gasteiger partial charge in [0.15, 0.2) is 0 Å². The van der Waals surface area contributed by atoms with Gasteiger partial charge >= 0.3 is 0 Å². The summed E-state index contributed by atoms with van der Waals surface area (Å²) in [5, 5.41) is 3.48. The van der Waals surface area contributed by atoms with Gasteiger partial charge in [-0.2, -0.15) is 0 Å². The monoisotopic (exact) mass is 222 g/mol. The highest BCUT2D eigenvalue weighted by Crippen LogP contribution is 2.18. The summed E-state index contributed by atoms with van der Waals surface area (Å²) < 4.78 is 5.05. The van der Waals surface area contributed by atoms with Gasteiger partial charge in [-0.15, -0.1) is 0 Å². The van der Waals surface area contributed by atoms with E-state index in [4.69, 9.17) is 4.74 Å². The van der Waals surface area contributed by atoms with Gasteiger partial charge in [0.2, 0.25) is 0 Å². The number of nitrogens with one attached hydrogen (secondary N) is 1. The Morgan fingerprint density at radius 3 is 2.75 bits per heavy atom. The van der Waals surface area contributed by atoms with Gasteiger partial charge in [-0.3, -0.25) is 4.98 Å². The Kier molecular flexibility index (Phi) is 6.04. The van der Waals surface area contributed by atoms with Crippen LogP contribution in [-0.4, -0.2) is 25.2 Å². The molecule has 1 atom stereocenters. The number of rotatable bonds is 7. The first-order valence-electron chi connectivity index (χ1n) is 5.87. The molecule has 1 unspecified atom stereocenters. The van der Waals surface area contributed by atoms with Crippen LogP contribution in [0.25, 0.3) is 0 Å². The number of pyridine rings is 1. The largest absolute Gasteiger partial charge is 0.383 e. The van der Waals surface area contributed by atoms with Crippen molar-refractivity contribution in [2.75, 3.05) is 20.3 Å². The maximum Gasteiger partial charge on any atom is 0.0587 e. The molecule has 0 aliphatic heterocycles. The van der Waals surface area contributed by atoms with Crippen LogP contribution in [0, 0.1) is 5.92 Å². The van der Waals surface area contributed by atoms with Crippen LogP contribution in [-0.2, 0) is 4.74 Å². The lowest BCUT2D eigenvalue weighted by Gasteiger charge is -2.20. The topological polar surface area (TPSA) is 34.1 Å². The second-order valence-corrected chi connectivity index (χ2v) is 4.38. The van der Waals surface area contributed by atoms with Crippen molar-refractivity contribution in [2.24, 2.45) is 5.92 Å². The summed E-state index contributed by atoms with van der Waals surface area (Å²) in [6.45, 7) is 6.06. The Bertz CT molecular complexity index is 275. The van der Waals surface area contributed by atoms with Gasteiger partial charge in [0.1, 0.15) is 0 Å². The second kappa shape index (κ2) is 7.36. The minimum absolute atomic E-state index is 0.330. The van der Waals surface area contributed by atoms with Crippen LogP contribution in [0.1, 0.15) is 32.0 Å². The predicted molar refractivity (Wildman–Crippen MR) is 66.3 cm³/mol. The van der Waals surface area contributed by atoms with E-state index in [2.05, 4.69) is 30.2 Å². The van der Waals surface area contributed by atoms with E-state index in [-0.39, 0.29) is 0 Å². The standard InChI is InChI=1S/C13H22N2O/c1-11(2)10-13(15-8-9-16-3)12-6-4-5-7-14-12/h4-7,11,13,15H,8-10H2,1-3H3. The number of nitrogens with zero attached hydrogens (tertiary/aromatic N) is 1. The quantitative estimate of drug-likeness (QED) is 0.719. The van der Waals surface area contributed by atoms with E-state index < -0.39 is 0 Å². The molecule has 0 aromatic carbocycles. The molecule has 0 saturated heterocycles. The van der Waals surface area contributed by atoms with Crippen molar-refractivity contribution in [1.29, 1.82) is 0 Å². The average Bonchev–Trinajstić information content (AvgIpc) is 2.29. The third-order valence-corrected chi connectivity index (χ3v) is 2.45. The fraction of sp³-hybridized carbons (Fsp3) is 0.615. The molecule has 1 aromatic rings. The SMILES string of the molecule is COCCNC(CC(C)C)c1ccccn1. The highest BCUT2D eigenvalue weighted by Gasteiger charge is 2.13. The third kappa shape index (κ3) is 4.73. The fourth-order valence-electron chi connectivity index (χ4n) is 1.70. The van der Waals surface area contributed by atoms with E-state index in [1.165, 1.54) is 0 Å². The highest BCUT2D eigenvalue weighted by atomic mass is 16.5. The van der Waals surface area contributed by atoms with Gasteiger partial charge in [-0.1, -0.05) is 19.9 Å². The molecule has 0 fully saturated rings. The minimum atomic E-state index is 0.330. The molecule has 0 saturated carbocycles. The van der Waals surface area contributed by atoms with Gasteiger partial charge in [-0.05, 0) is 24.5 Å². The molecule has 0 radical (unpaired) electrons. The fourth-order valence-corrected chi connectivity index (χ4v) is 1.70. The molecule has 3 nitrogen and oxygen atoms in total. The number of hydrogen-bond donors (Lipinski definition) is 1. The normalized spacial score (nSPS) is 13.0. The van der Waals surface area contributed by atoms with Crippen molar-refractivity contribution in [3.05, 3.63) is 30.1 Å². The molecule has 16 heavy (non-hydrogen) atoms. The summed E-state index contributed by atoms with van der Waals surface area (Å²) in [5.41, 5.74) is 1.12. The van der Waals surface area contributed by atoms with E-state index in [1.807, 2.05) is 18.3 Å². The van der Waals surface area contributed by atoms with Crippen LogP contribution in [0.5, 0.6) is 0 Å². The van der Waals surface area contributed by atoms with Crippen LogP contribution < -0.4 is 5.32 Å². The molecule has 1 rings (SSSR count). The second-order valence-electron chi connectivity index (χ2n) is 4.38. The van der Waals surface area contributed by atoms with Crippen molar-refractivity contribution < 1.29 is 4.74 Å². The number of hydrogen-bond acceptors (Lipinski definition) is 3. The molecule has 0 amide bonds. The first-order valence-corrected chi connectivity index (χ1v) is 5.87. The lowest BCUT2D eigenvalue weighted by molar-refractivity contribution is 0.193. The van der Waals surface area contributed by atoms with Crippen LogP contribution >= 0.6 is 0 Å². The summed E-state index contributed by atoms with van der Waals surface area (Å²) in [6.07, 6.45) is 2.95. The molecular weight excluding hydrogens is 200 g/mol. The average molecular weight is 222 g/mol. The molecule has 0 spiro atoms. The maximum absolute atomic E-state index is 5.05. The Balaban J connectivity index is 2.56. The smallest absolute Gasteiger partial charge is 0.0587 e. The molecule has 1 aromatic heterocycles. The zero-order valence-corrected chi connectivity index (χ0v) is 10.4. The Hall–Kier alpha value is -0.930. The van der Waals surface area contributed by atoms with Crippen molar-refractivity contribution in [1.82, 2.24) is 10.3 Å². The molecule has 3 heteroatoms. The van der Waals surface area contributed by atoms with Crippen molar-refractivity contribution in [2.45, 2.75) is 26.3 Å². The van der Waals surface area contributed by atoms with Gasteiger partial charge in [0.25, 0.3) is 0 Å². The minimum Gasteiger partial charge on any atom is -0.383 e. The zero-order valence-electron chi connectivity index (χ0n) is 10.4. The Morgan fingerprint density at radius 1 is 1.38 bits per heavy atom. The lowest BCUT2D eigenvalue weighted by atomic mass is 10.0. The van der Waals surface area contributed by atoms with Crippen LogP contribution in [0.2, 0.25) is 0 Å². The summed E-state index contributed by atoms with van der Waals surface area (Å²) in [7, 11) is 1.72. The molecule has 0 aliphatic rings. The molecule has 0 aliphatic carbocycles.